The summed E-state index contributed by atoms with van der Waals surface area (Å²) < 4.78 is 0.975. The van der Waals surface area contributed by atoms with E-state index in [1.165, 1.54) is 6.21 Å². The van der Waals surface area contributed by atoms with Gasteiger partial charge in [0.05, 0.1) is 11.9 Å². The predicted octanol–water partition coefficient (Wildman–Crippen LogP) is 3.31. The number of halogens is 1. The van der Waals surface area contributed by atoms with Crippen LogP contribution >= 0.6 is 15.9 Å². The van der Waals surface area contributed by atoms with Crippen LogP contribution in [0.2, 0.25) is 0 Å². The van der Waals surface area contributed by atoms with Crippen LogP contribution in [0.25, 0.3) is 11.3 Å². The Morgan fingerprint density at radius 3 is 2.58 bits per heavy atom. The fraction of sp³-hybridized carbons (Fsp3) is 0. The molecule has 7 heteroatoms. The Balaban J connectivity index is 1.65. The number of phenolic OH excluding ortho intramolecular Hbond substituents is 1. The molecule has 0 spiro atoms. The third kappa shape index (κ3) is 3.88. The number of aromatic nitrogens is 2. The molecule has 0 saturated heterocycles. The second-order valence-corrected chi connectivity index (χ2v) is 5.88. The SMILES string of the molecule is O=C(NN=Cc1ccc(O)cc1)c1cc(-c2ccc(Br)cc2)n[nH]1. The number of phenols is 1. The van der Waals surface area contributed by atoms with Crippen molar-refractivity contribution in [1.82, 2.24) is 15.6 Å². The first kappa shape index (κ1) is 15.9. The van der Waals surface area contributed by atoms with Gasteiger partial charge in [-0.25, -0.2) is 5.43 Å². The molecule has 120 valence electrons. The first-order valence-electron chi connectivity index (χ1n) is 7.05. The van der Waals surface area contributed by atoms with E-state index in [9.17, 15) is 9.90 Å². The summed E-state index contributed by atoms with van der Waals surface area (Å²) in [4.78, 5) is 12.0. The zero-order valence-corrected chi connectivity index (χ0v) is 14.0. The van der Waals surface area contributed by atoms with Gasteiger partial charge >= 0.3 is 0 Å². The first-order chi connectivity index (χ1) is 11.6. The molecule has 2 aromatic carbocycles. The molecular weight excluding hydrogens is 372 g/mol. The quantitative estimate of drug-likeness (QED) is 0.476. The highest BCUT2D eigenvalue weighted by Crippen LogP contribution is 2.20. The molecule has 1 heterocycles. The number of nitrogens with zero attached hydrogens (tertiary/aromatic N) is 2. The third-order valence-electron chi connectivity index (χ3n) is 3.24. The number of carbonyl (C=O) groups excluding carboxylic acids is 1. The van der Waals surface area contributed by atoms with Crippen LogP contribution in [0, 0.1) is 0 Å². The van der Waals surface area contributed by atoms with Crippen LogP contribution in [-0.4, -0.2) is 27.4 Å². The summed E-state index contributed by atoms with van der Waals surface area (Å²) >= 11 is 3.38. The molecular formula is C17H13BrN4O2. The van der Waals surface area contributed by atoms with Crippen LogP contribution in [0.1, 0.15) is 16.1 Å². The molecule has 0 atom stereocenters. The molecule has 0 radical (unpaired) electrons. The van der Waals surface area contributed by atoms with Crippen LogP contribution in [0.15, 0.2) is 64.2 Å². The Bertz CT molecular complexity index is 870. The van der Waals surface area contributed by atoms with Crippen molar-refractivity contribution in [3.63, 3.8) is 0 Å². The Kier molecular flexibility index (Phi) is 4.72. The van der Waals surface area contributed by atoms with Crippen molar-refractivity contribution in [1.29, 1.82) is 0 Å². The molecule has 3 rings (SSSR count). The van der Waals surface area contributed by atoms with Crippen LogP contribution in [0.5, 0.6) is 5.75 Å². The molecule has 0 aliphatic carbocycles. The highest BCUT2D eigenvalue weighted by molar-refractivity contribution is 9.10. The van der Waals surface area contributed by atoms with Gasteiger partial charge in [-0.2, -0.15) is 10.2 Å². The highest BCUT2D eigenvalue weighted by atomic mass is 79.9. The maximum atomic E-state index is 12.0. The molecule has 0 saturated carbocycles. The van der Waals surface area contributed by atoms with E-state index in [-0.39, 0.29) is 11.7 Å². The van der Waals surface area contributed by atoms with Crippen LogP contribution in [0.3, 0.4) is 0 Å². The predicted molar refractivity (Wildman–Crippen MR) is 94.9 cm³/mol. The number of hydrogen-bond acceptors (Lipinski definition) is 4. The van der Waals surface area contributed by atoms with E-state index in [1.54, 1.807) is 30.3 Å². The normalized spacial score (nSPS) is 10.9. The number of aromatic amines is 1. The van der Waals surface area contributed by atoms with Crippen LogP contribution in [-0.2, 0) is 0 Å². The number of aromatic hydroxyl groups is 1. The van der Waals surface area contributed by atoms with Gasteiger partial charge in [0.25, 0.3) is 5.91 Å². The summed E-state index contributed by atoms with van der Waals surface area (Å²) in [5, 5.41) is 19.9. The number of H-pyrrole nitrogens is 1. The zero-order chi connectivity index (χ0) is 16.9. The molecule has 0 aliphatic heterocycles. The minimum atomic E-state index is -0.388. The highest BCUT2D eigenvalue weighted by Gasteiger charge is 2.10. The van der Waals surface area contributed by atoms with Gasteiger partial charge in [0.1, 0.15) is 11.4 Å². The monoisotopic (exact) mass is 384 g/mol. The van der Waals surface area contributed by atoms with Gasteiger partial charge in [-0.3, -0.25) is 9.89 Å². The third-order valence-corrected chi connectivity index (χ3v) is 3.76. The number of carbonyl (C=O) groups is 1. The van der Waals surface area contributed by atoms with Crippen molar-refractivity contribution in [3.05, 3.63) is 70.3 Å². The van der Waals surface area contributed by atoms with E-state index < -0.39 is 0 Å². The number of amides is 1. The van der Waals surface area contributed by atoms with Gasteiger partial charge in [0.2, 0.25) is 0 Å². The van der Waals surface area contributed by atoms with Crippen molar-refractivity contribution in [2.75, 3.05) is 0 Å². The Hall–Kier alpha value is -2.93. The van der Waals surface area contributed by atoms with E-state index in [4.69, 9.17) is 0 Å². The standard InChI is InChI=1S/C17H13BrN4O2/c18-13-5-3-12(4-6-13)15-9-16(21-20-15)17(24)22-19-10-11-1-7-14(23)8-2-11/h1-10,23H,(H,20,21)(H,22,24). The maximum absolute atomic E-state index is 12.0. The lowest BCUT2D eigenvalue weighted by Gasteiger charge is -1.97. The van der Waals surface area contributed by atoms with Gasteiger partial charge in [-0.1, -0.05) is 28.1 Å². The van der Waals surface area contributed by atoms with Gasteiger partial charge in [-0.05, 0) is 48.0 Å². The van der Waals surface area contributed by atoms with Gasteiger partial charge in [-0.15, -0.1) is 0 Å². The zero-order valence-electron chi connectivity index (χ0n) is 12.4. The Morgan fingerprint density at radius 1 is 1.17 bits per heavy atom. The van der Waals surface area contributed by atoms with Crippen LogP contribution < -0.4 is 5.43 Å². The number of benzene rings is 2. The summed E-state index contributed by atoms with van der Waals surface area (Å²) in [6.07, 6.45) is 1.49. The lowest BCUT2D eigenvalue weighted by Crippen LogP contribution is -2.17. The fourth-order valence-electron chi connectivity index (χ4n) is 1.99. The fourth-order valence-corrected chi connectivity index (χ4v) is 2.26. The molecule has 3 aromatic rings. The smallest absolute Gasteiger partial charge is 0.289 e. The molecule has 0 fully saturated rings. The minimum absolute atomic E-state index is 0.175. The van der Waals surface area contributed by atoms with E-state index in [2.05, 4.69) is 36.7 Å². The summed E-state index contributed by atoms with van der Waals surface area (Å²) in [5.74, 6) is -0.213. The number of hydrogen-bond donors (Lipinski definition) is 3. The second-order valence-electron chi connectivity index (χ2n) is 4.96. The molecule has 3 N–H and O–H groups in total. The Labute approximate surface area is 146 Å². The van der Waals surface area contributed by atoms with Crippen molar-refractivity contribution in [2.24, 2.45) is 5.10 Å². The van der Waals surface area contributed by atoms with E-state index >= 15 is 0 Å². The molecule has 1 amide bonds. The van der Waals surface area contributed by atoms with Crippen molar-refractivity contribution < 1.29 is 9.90 Å². The van der Waals surface area contributed by atoms with Gasteiger partial charge in [0.15, 0.2) is 0 Å². The molecule has 6 nitrogen and oxygen atoms in total. The number of nitrogens with one attached hydrogen (secondary N) is 2. The summed E-state index contributed by atoms with van der Waals surface area (Å²) in [7, 11) is 0. The van der Waals surface area contributed by atoms with Gasteiger partial charge in [0, 0.05) is 10.0 Å². The summed E-state index contributed by atoms with van der Waals surface area (Å²) in [6, 6.07) is 15.8. The van der Waals surface area contributed by atoms with Crippen LogP contribution in [0.4, 0.5) is 0 Å². The van der Waals surface area contributed by atoms with E-state index in [1.807, 2.05) is 24.3 Å². The molecule has 0 bridgehead atoms. The lowest BCUT2D eigenvalue weighted by atomic mass is 10.1. The lowest BCUT2D eigenvalue weighted by molar-refractivity contribution is 0.0950. The average Bonchev–Trinajstić information content (AvgIpc) is 3.07. The molecule has 24 heavy (non-hydrogen) atoms. The summed E-state index contributed by atoms with van der Waals surface area (Å²) in [6.45, 7) is 0. The Morgan fingerprint density at radius 2 is 1.88 bits per heavy atom. The number of rotatable bonds is 4. The summed E-state index contributed by atoms with van der Waals surface area (Å²) in [5.41, 5.74) is 5.08. The maximum Gasteiger partial charge on any atom is 0.289 e. The number of hydrazone groups is 1. The van der Waals surface area contributed by atoms with E-state index in [0.717, 1.165) is 15.6 Å². The largest absolute Gasteiger partial charge is 0.508 e. The van der Waals surface area contributed by atoms with Crippen molar-refractivity contribution in [3.8, 4) is 17.0 Å². The second kappa shape index (κ2) is 7.10. The minimum Gasteiger partial charge on any atom is -0.508 e. The van der Waals surface area contributed by atoms with Crippen molar-refractivity contribution >= 4 is 28.1 Å². The first-order valence-corrected chi connectivity index (χ1v) is 7.85. The van der Waals surface area contributed by atoms with Gasteiger partial charge < -0.3 is 5.11 Å². The molecule has 0 unspecified atom stereocenters. The average molecular weight is 385 g/mol. The van der Waals surface area contributed by atoms with Crippen molar-refractivity contribution in [2.45, 2.75) is 0 Å². The molecule has 1 aromatic heterocycles. The molecule has 0 aliphatic rings. The van der Waals surface area contributed by atoms with E-state index in [0.29, 0.717) is 11.4 Å². The topological polar surface area (TPSA) is 90.4 Å².